The predicted octanol–water partition coefficient (Wildman–Crippen LogP) is 3.05. The number of hydrogen-bond donors (Lipinski definition) is 1. The number of benzene rings is 1. The van der Waals surface area contributed by atoms with Crippen molar-refractivity contribution >= 4 is 46.0 Å². The van der Waals surface area contributed by atoms with Crippen molar-refractivity contribution < 1.29 is 4.79 Å². The monoisotopic (exact) mass is 359 g/mol. The third-order valence-corrected chi connectivity index (χ3v) is 6.28. The summed E-state index contributed by atoms with van der Waals surface area (Å²) < 4.78 is 3.15. The van der Waals surface area contributed by atoms with Crippen LogP contribution in [0.4, 0.5) is 0 Å². The van der Waals surface area contributed by atoms with Crippen molar-refractivity contribution in [1.29, 1.82) is 0 Å². The Hall–Kier alpha value is -0.571. The molecule has 90 valence electrons. The Kier molecular flexibility index (Phi) is 4.08. The molecular formula is C13H14BrNOSe. The summed E-state index contributed by atoms with van der Waals surface area (Å²) in [7, 11) is 0. The molecule has 1 heterocycles. The number of nitrogens with one attached hydrogen (secondary N) is 1. The number of fused-ring (bicyclic) bond motifs is 1. The standard InChI is InChI=1S/C13H14BrNOSe/c1-8(2)7-15-13(16)12-11(14)9-5-3-4-6-10(9)17-12/h3-6,8H,7H2,1-2H3,(H,15,16). The number of carbonyl (C=O) groups excluding carboxylic acids is 1. The quantitative estimate of drug-likeness (QED) is 0.839. The summed E-state index contributed by atoms with van der Waals surface area (Å²) >= 11 is 3.67. The Labute approximate surface area is 115 Å². The van der Waals surface area contributed by atoms with Crippen LogP contribution in [0.1, 0.15) is 23.1 Å². The van der Waals surface area contributed by atoms with Gasteiger partial charge in [-0.1, -0.05) is 0 Å². The molecule has 0 saturated heterocycles. The molecule has 0 saturated carbocycles. The second kappa shape index (κ2) is 5.38. The summed E-state index contributed by atoms with van der Waals surface area (Å²) in [6, 6.07) is 8.18. The van der Waals surface area contributed by atoms with Crippen molar-refractivity contribution in [3.63, 3.8) is 0 Å². The Morgan fingerprint density at radius 1 is 1.41 bits per heavy atom. The van der Waals surface area contributed by atoms with E-state index in [1.165, 1.54) is 9.65 Å². The van der Waals surface area contributed by atoms with E-state index in [1.807, 2.05) is 12.1 Å². The van der Waals surface area contributed by atoms with E-state index >= 15 is 0 Å². The minimum absolute atomic E-state index is 0.0711. The van der Waals surface area contributed by atoms with E-state index in [0.29, 0.717) is 5.92 Å². The van der Waals surface area contributed by atoms with Crippen LogP contribution >= 0.6 is 15.9 Å². The van der Waals surface area contributed by atoms with Gasteiger partial charge in [0.05, 0.1) is 0 Å². The molecular weight excluding hydrogens is 345 g/mol. The van der Waals surface area contributed by atoms with E-state index in [4.69, 9.17) is 0 Å². The van der Waals surface area contributed by atoms with Gasteiger partial charge in [0.1, 0.15) is 0 Å². The topological polar surface area (TPSA) is 29.1 Å². The molecule has 1 amide bonds. The van der Waals surface area contributed by atoms with Crippen LogP contribution in [-0.2, 0) is 0 Å². The van der Waals surface area contributed by atoms with Crippen LogP contribution in [-0.4, -0.2) is 27.0 Å². The van der Waals surface area contributed by atoms with Crippen LogP contribution in [0.15, 0.2) is 28.7 Å². The van der Waals surface area contributed by atoms with E-state index in [9.17, 15) is 4.79 Å². The molecule has 0 fully saturated rings. The third kappa shape index (κ3) is 2.82. The van der Waals surface area contributed by atoms with Gasteiger partial charge in [0.15, 0.2) is 0 Å². The zero-order valence-electron chi connectivity index (χ0n) is 9.79. The molecule has 0 spiro atoms. The van der Waals surface area contributed by atoms with Crippen LogP contribution in [0.3, 0.4) is 0 Å². The molecule has 4 heteroatoms. The first kappa shape index (κ1) is 12.9. The number of rotatable bonds is 3. The average molecular weight is 359 g/mol. The van der Waals surface area contributed by atoms with Gasteiger partial charge in [-0.25, -0.2) is 0 Å². The van der Waals surface area contributed by atoms with Crippen LogP contribution in [0.25, 0.3) is 9.65 Å². The average Bonchev–Trinajstić information content (AvgIpc) is 2.64. The Morgan fingerprint density at radius 2 is 2.12 bits per heavy atom. The molecule has 1 N–H and O–H groups in total. The third-order valence-electron chi connectivity index (χ3n) is 2.41. The van der Waals surface area contributed by atoms with Crippen molar-refractivity contribution in [2.45, 2.75) is 13.8 Å². The Balaban J connectivity index is 2.29. The molecule has 0 aliphatic heterocycles. The molecule has 2 rings (SSSR count). The predicted molar refractivity (Wildman–Crippen MR) is 75.8 cm³/mol. The molecule has 17 heavy (non-hydrogen) atoms. The second-order valence-electron chi connectivity index (χ2n) is 4.35. The fourth-order valence-electron chi connectivity index (χ4n) is 1.54. The normalized spacial score (nSPS) is 11.1. The molecule has 0 unspecified atom stereocenters. The van der Waals surface area contributed by atoms with Crippen LogP contribution in [0.2, 0.25) is 0 Å². The van der Waals surface area contributed by atoms with Crippen molar-refractivity contribution in [2.75, 3.05) is 6.54 Å². The number of amides is 1. The second-order valence-corrected chi connectivity index (χ2v) is 7.35. The minimum atomic E-state index is 0.0711. The fourth-order valence-corrected chi connectivity index (χ4v) is 4.90. The van der Waals surface area contributed by atoms with E-state index in [0.717, 1.165) is 15.5 Å². The Bertz CT molecular complexity index is 547. The van der Waals surface area contributed by atoms with E-state index in [1.54, 1.807) is 0 Å². The molecule has 2 nitrogen and oxygen atoms in total. The zero-order chi connectivity index (χ0) is 12.4. The summed E-state index contributed by atoms with van der Waals surface area (Å²) in [5, 5.41) is 4.15. The van der Waals surface area contributed by atoms with Crippen molar-refractivity contribution in [3.8, 4) is 0 Å². The van der Waals surface area contributed by atoms with Gasteiger partial charge in [-0.05, 0) is 0 Å². The molecule has 1 aromatic carbocycles. The zero-order valence-corrected chi connectivity index (χ0v) is 13.1. The van der Waals surface area contributed by atoms with Gasteiger partial charge in [-0.15, -0.1) is 0 Å². The number of carbonyl (C=O) groups is 1. The van der Waals surface area contributed by atoms with Crippen molar-refractivity contribution in [3.05, 3.63) is 33.2 Å². The van der Waals surface area contributed by atoms with Crippen LogP contribution in [0.5, 0.6) is 0 Å². The maximum atomic E-state index is 12.0. The molecule has 0 atom stereocenters. The summed E-state index contributed by atoms with van der Waals surface area (Å²) in [6.45, 7) is 4.92. The van der Waals surface area contributed by atoms with Gasteiger partial charge < -0.3 is 0 Å². The summed E-state index contributed by atoms with van der Waals surface area (Å²) in [4.78, 5) is 12.0. The van der Waals surface area contributed by atoms with Crippen LogP contribution < -0.4 is 5.32 Å². The molecule has 2 aromatic rings. The Morgan fingerprint density at radius 3 is 2.76 bits per heavy atom. The molecule has 1 aromatic heterocycles. The molecule has 0 radical (unpaired) electrons. The summed E-state index contributed by atoms with van der Waals surface area (Å²) in [5.74, 6) is 0.552. The van der Waals surface area contributed by atoms with E-state index < -0.39 is 0 Å². The van der Waals surface area contributed by atoms with Crippen LogP contribution in [0, 0.1) is 5.92 Å². The maximum absolute atomic E-state index is 12.0. The summed E-state index contributed by atoms with van der Waals surface area (Å²) in [6.07, 6.45) is 0. The molecule has 0 aliphatic rings. The summed E-state index contributed by atoms with van der Waals surface area (Å²) in [5.41, 5.74) is 0. The fraction of sp³-hybridized carbons (Fsp3) is 0.308. The van der Waals surface area contributed by atoms with Crippen molar-refractivity contribution in [2.24, 2.45) is 5.92 Å². The van der Waals surface area contributed by atoms with Gasteiger partial charge in [-0.3, -0.25) is 0 Å². The molecule has 0 aliphatic carbocycles. The first-order valence-corrected chi connectivity index (χ1v) is 8.05. The van der Waals surface area contributed by atoms with Gasteiger partial charge >= 0.3 is 116 Å². The first-order chi connectivity index (χ1) is 8.09. The number of hydrogen-bond acceptors (Lipinski definition) is 1. The van der Waals surface area contributed by atoms with Gasteiger partial charge in [0.2, 0.25) is 0 Å². The van der Waals surface area contributed by atoms with E-state index in [-0.39, 0.29) is 20.4 Å². The van der Waals surface area contributed by atoms with Gasteiger partial charge in [0, 0.05) is 0 Å². The molecule has 0 bridgehead atoms. The SMILES string of the molecule is CC(C)CNC(=O)c1[se]c2ccccc2c1Br. The first-order valence-electron chi connectivity index (χ1n) is 5.55. The van der Waals surface area contributed by atoms with Gasteiger partial charge in [0.25, 0.3) is 0 Å². The van der Waals surface area contributed by atoms with Crippen molar-refractivity contribution in [1.82, 2.24) is 5.32 Å². The van der Waals surface area contributed by atoms with Gasteiger partial charge in [-0.2, -0.15) is 0 Å². The number of halogens is 1. The van der Waals surface area contributed by atoms with E-state index in [2.05, 4.69) is 47.2 Å².